The van der Waals surface area contributed by atoms with Crippen molar-refractivity contribution in [2.75, 3.05) is 6.61 Å². The Morgan fingerprint density at radius 3 is 2.52 bits per heavy atom. The van der Waals surface area contributed by atoms with Crippen molar-refractivity contribution >= 4 is 27.9 Å². The van der Waals surface area contributed by atoms with E-state index in [2.05, 4.69) is 15.9 Å². The lowest BCUT2D eigenvalue weighted by atomic mass is 9.77. The molecule has 1 N–H and O–H groups in total. The summed E-state index contributed by atoms with van der Waals surface area (Å²) >= 11 is 3.14. The van der Waals surface area contributed by atoms with E-state index >= 15 is 0 Å². The van der Waals surface area contributed by atoms with Crippen LogP contribution < -0.4 is 0 Å². The molecule has 1 unspecified atom stereocenters. The van der Waals surface area contributed by atoms with Gasteiger partial charge < -0.3 is 9.84 Å². The van der Waals surface area contributed by atoms with E-state index in [-0.39, 0.29) is 25.0 Å². The van der Waals surface area contributed by atoms with Crippen molar-refractivity contribution in [2.45, 2.75) is 33.1 Å². The summed E-state index contributed by atoms with van der Waals surface area (Å²) < 4.78 is 19.4. The van der Waals surface area contributed by atoms with Gasteiger partial charge in [0.1, 0.15) is 5.82 Å². The second-order valence-corrected chi connectivity index (χ2v) is 5.69. The highest BCUT2D eigenvalue weighted by Crippen LogP contribution is 2.32. The number of rotatable bonds is 7. The van der Waals surface area contributed by atoms with Crippen LogP contribution >= 0.6 is 15.9 Å². The second kappa shape index (κ2) is 7.54. The smallest absolute Gasteiger partial charge is 0.323 e. The number of hydrogen-bond acceptors (Lipinski definition) is 3. The van der Waals surface area contributed by atoms with Crippen LogP contribution in [-0.2, 0) is 20.7 Å². The van der Waals surface area contributed by atoms with Gasteiger partial charge in [-0.2, -0.15) is 0 Å². The van der Waals surface area contributed by atoms with E-state index in [9.17, 15) is 19.1 Å². The number of benzene rings is 1. The molecule has 0 saturated heterocycles. The van der Waals surface area contributed by atoms with Gasteiger partial charge in [-0.25, -0.2) is 4.39 Å². The first-order chi connectivity index (χ1) is 9.87. The fourth-order valence-electron chi connectivity index (χ4n) is 2.22. The van der Waals surface area contributed by atoms with Crippen molar-refractivity contribution in [1.82, 2.24) is 0 Å². The molecule has 1 aromatic rings. The fourth-order valence-corrected chi connectivity index (χ4v) is 2.55. The summed E-state index contributed by atoms with van der Waals surface area (Å²) in [6.07, 6.45) is 0.341. The van der Waals surface area contributed by atoms with Crippen molar-refractivity contribution in [3.8, 4) is 0 Å². The Morgan fingerprint density at radius 1 is 1.38 bits per heavy atom. The first kappa shape index (κ1) is 17.6. The number of carbonyl (C=O) groups is 2. The van der Waals surface area contributed by atoms with E-state index < -0.39 is 23.2 Å². The van der Waals surface area contributed by atoms with E-state index in [4.69, 9.17) is 4.74 Å². The molecular formula is C15H18BrFO4. The minimum Gasteiger partial charge on any atom is -0.480 e. The van der Waals surface area contributed by atoms with Gasteiger partial charge in [-0.3, -0.25) is 9.59 Å². The molecule has 0 saturated carbocycles. The SMILES string of the molecule is CCCC(Cc1ccc(Br)cc1F)(C(=O)O)C(=O)OCC. The maximum atomic E-state index is 14.0. The lowest BCUT2D eigenvalue weighted by molar-refractivity contribution is -0.169. The number of carboxylic acids is 1. The van der Waals surface area contributed by atoms with Gasteiger partial charge in [0, 0.05) is 10.9 Å². The normalized spacial score (nSPS) is 13.5. The Labute approximate surface area is 131 Å². The van der Waals surface area contributed by atoms with Crippen LogP contribution in [0.3, 0.4) is 0 Å². The molecule has 0 amide bonds. The molecule has 1 aromatic carbocycles. The fraction of sp³-hybridized carbons (Fsp3) is 0.467. The molecule has 6 heteroatoms. The summed E-state index contributed by atoms with van der Waals surface area (Å²) in [5.74, 6) is -2.65. The third-order valence-corrected chi connectivity index (χ3v) is 3.75. The van der Waals surface area contributed by atoms with Crippen LogP contribution in [0.15, 0.2) is 22.7 Å². The number of halogens is 2. The minimum absolute atomic E-state index is 0.0837. The average Bonchev–Trinajstić information content (AvgIpc) is 2.40. The highest BCUT2D eigenvalue weighted by Gasteiger charge is 2.47. The molecular weight excluding hydrogens is 343 g/mol. The van der Waals surface area contributed by atoms with Crippen LogP contribution in [-0.4, -0.2) is 23.7 Å². The molecule has 1 atom stereocenters. The third kappa shape index (κ3) is 4.03. The maximum Gasteiger partial charge on any atom is 0.323 e. The monoisotopic (exact) mass is 360 g/mol. The lowest BCUT2D eigenvalue weighted by Gasteiger charge is -2.27. The van der Waals surface area contributed by atoms with E-state index in [1.165, 1.54) is 12.1 Å². The van der Waals surface area contributed by atoms with E-state index in [1.54, 1.807) is 19.9 Å². The number of ether oxygens (including phenoxy) is 1. The number of carboxylic acid groups (broad SMARTS) is 1. The zero-order valence-electron chi connectivity index (χ0n) is 12.0. The molecule has 0 aromatic heterocycles. The largest absolute Gasteiger partial charge is 0.480 e. The molecule has 0 aliphatic rings. The van der Waals surface area contributed by atoms with E-state index in [1.807, 2.05) is 0 Å². The quantitative estimate of drug-likeness (QED) is 0.596. The van der Waals surface area contributed by atoms with Crippen LogP contribution in [0, 0.1) is 11.2 Å². The molecule has 0 heterocycles. The van der Waals surface area contributed by atoms with Gasteiger partial charge in [-0.15, -0.1) is 0 Å². The second-order valence-electron chi connectivity index (χ2n) is 4.77. The summed E-state index contributed by atoms with van der Waals surface area (Å²) in [7, 11) is 0. The van der Waals surface area contributed by atoms with Gasteiger partial charge in [-0.05, 0) is 31.0 Å². The Balaban J connectivity index is 3.22. The highest BCUT2D eigenvalue weighted by atomic mass is 79.9. The molecule has 21 heavy (non-hydrogen) atoms. The molecule has 116 valence electrons. The van der Waals surface area contributed by atoms with Crippen molar-refractivity contribution in [3.05, 3.63) is 34.1 Å². The Hall–Kier alpha value is -1.43. The Kier molecular flexibility index (Phi) is 6.33. The first-order valence-electron chi connectivity index (χ1n) is 6.72. The average molecular weight is 361 g/mol. The molecule has 0 bridgehead atoms. The molecule has 0 aliphatic carbocycles. The van der Waals surface area contributed by atoms with Crippen LogP contribution in [0.1, 0.15) is 32.3 Å². The van der Waals surface area contributed by atoms with Gasteiger partial charge in [0.15, 0.2) is 5.41 Å². The van der Waals surface area contributed by atoms with Gasteiger partial charge in [-0.1, -0.05) is 35.3 Å². The molecule has 0 spiro atoms. The van der Waals surface area contributed by atoms with Crippen molar-refractivity contribution in [2.24, 2.45) is 5.41 Å². The lowest BCUT2D eigenvalue weighted by Crippen LogP contribution is -2.43. The standard InChI is InChI=1S/C15H18BrFO4/c1-3-7-15(13(18)19,14(20)21-4-2)9-10-5-6-11(16)8-12(10)17/h5-6,8H,3-4,7,9H2,1-2H3,(H,18,19). The topological polar surface area (TPSA) is 63.6 Å². The van der Waals surface area contributed by atoms with Crippen LogP contribution in [0.4, 0.5) is 4.39 Å². The molecule has 1 rings (SSSR count). The third-order valence-electron chi connectivity index (χ3n) is 3.26. The summed E-state index contributed by atoms with van der Waals surface area (Å²) in [6.45, 7) is 3.46. The Bertz CT molecular complexity index is 532. The molecule has 0 radical (unpaired) electrons. The number of aliphatic carboxylic acids is 1. The van der Waals surface area contributed by atoms with Crippen LogP contribution in [0.5, 0.6) is 0 Å². The summed E-state index contributed by atoms with van der Waals surface area (Å²) in [6, 6.07) is 4.34. The zero-order valence-corrected chi connectivity index (χ0v) is 13.6. The summed E-state index contributed by atoms with van der Waals surface area (Å²) in [5.41, 5.74) is -1.57. The summed E-state index contributed by atoms with van der Waals surface area (Å²) in [5, 5.41) is 9.53. The van der Waals surface area contributed by atoms with Gasteiger partial charge in [0.25, 0.3) is 0 Å². The molecule has 0 aliphatic heterocycles. The highest BCUT2D eigenvalue weighted by molar-refractivity contribution is 9.10. The van der Waals surface area contributed by atoms with Crippen molar-refractivity contribution in [3.63, 3.8) is 0 Å². The van der Waals surface area contributed by atoms with Crippen molar-refractivity contribution < 1.29 is 23.8 Å². The Morgan fingerprint density at radius 2 is 2.05 bits per heavy atom. The molecule has 4 nitrogen and oxygen atoms in total. The van der Waals surface area contributed by atoms with E-state index in [0.29, 0.717) is 10.9 Å². The number of hydrogen-bond donors (Lipinski definition) is 1. The zero-order chi connectivity index (χ0) is 16.0. The van der Waals surface area contributed by atoms with Crippen LogP contribution in [0.2, 0.25) is 0 Å². The number of esters is 1. The van der Waals surface area contributed by atoms with Gasteiger partial charge in [0.2, 0.25) is 0 Å². The van der Waals surface area contributed by atoms with Crippen LogP contribution in [0.25, 0.3) is 0 Å². The predicted octanol–water partition coefficient (Wildman–Crippen LogP) is 3.56. The maximum absolute atomic E-state index is 14.0. The minimum atomic E-state index is -1.75. The predicted molar refractivity (Wildman–Crippen MR) is 79.4 cm³/mol. The van der Waals surface area contributed by atoms with Crippen molar-refractivity contribution in [1.29, 1.82) is 0 Å². The van der Waals surface area contributed by atoms with E-state index in [0.717, 1.165) is 0 Å². The number of carbonyl (C=O) groups excluding carboxylic acids is 1. The van der Waals surface area contributed by atoms with Gasteiger partial charge in [0.05, 0.1) is 6.61 Å². The summed E-state index contributed by atoms with van der Waals surface area (Å²) in [4.78, 5) is 23.8. The van der Waals surface area contributed by atoms with Gasteiger partial charge >= 0.3 is 11.9 Å². The molecule has 0 fully saturated rings. The first-order valence-corrected chi connectivity index (χ1v) is 7.51.